The highest BCUT2D eigenvalue weighted by atomic mass is 32.2. The third kappa shape index (κ3) is 8.29. The Morgan fingerprint density at radius 3 is 2.29 bits per heavy atom. The van der Waals surface area contributed by atoms with Gasteiger partial charge < -0.3 is 10.1 Å². The Kier molecular flexibility index (Phi) is 9.93. The van der Waals surface area contributed by atoms with E-state index in [1.807, 2.05) is 6.92 Å². The van der Waals surface area contributed by atoms with Crippen LogP contribution in [0.3, 0.4) is 0 Å². The molecule has 0 unspecified atom stereocenters. The number of hydrogen-bond acceptors (Lipinski definition) is 6. The smallest absolute Gasteiger partial charge is 0.321 e. The van der Waals surface area contributed by atoms with Crippen molar-refractivity contribution >= 4 is 27.9 Å². The fraction of sp³-hybridized carbons (Fsp3) is 0.571. The van der Waals surface area contributed by atoms with Crippen molar-refractivity contribution < 1.29 is 27.5 Å². The summed E-state index contributed by atoms with van der Waals surface area (Å²) in [4.78, 5) is 35.0. The van der Waals surface area contributed by atoms with Gasteiger partial charge in [-0.2, -0.15) is 4.31 Å². The molecule has 2 N–H and O–H groups in total. The van der Waals surface area contributed by atoms with Crippen LogP contribution in [0.2, 0.25) is 0 Å². The van der Waals surface area contributed by atoms with E-state index in [0.29, 0.717) is 26.1 Å². The number of imide groups is 1. The van der Waals surface area contributed by atoms with Crippen molar-refractivity contribution in [3.05, 3.63) is 29.8 Å². The van der Waals surface area contributed by atoms with E-state index in [4.69, 9.17) is 4.74 Å². The zero-order valence-corrected chi connectivity index (χ0v) is 18.7. The summed E-state index contributed by atoms with van der Waals surface area (Å²) in [5.41, 5.74) is 0.787. The van der Waals surface area contributed by atoms with E-state index < -0.39 is 34.5 Å². The second-order valence-electron chi connectivity index (χ2n) is 7.43. The van der Waals surface area contributed by atoms with Crippen molar-refractivity contribution in [1.82, 2.24) is 14.9 Å². The molecule has 0 aromatic heterocycles. The van der Waals surface area contributed by atoms with Crippen LogP contribution in [0, 0.1) is 0 Å². The summed E-state index contributed by atoms with van der Waals surface area (Å²) in [7, 11) is -3.50. The van der Waals surface area contributed by atoms with Crippen LogP contribution in [0.5, 0.6) is 0 Å². The average Bonchev–Trinajstić information content (AvgIpc) is 3.05. The number of carbonyl (C=O) groups is 3. The molecule has 1 fully saturated rings. The molecule has 3 amide bonds. The lowest BCUT2D eigenvalue weighted by Gasteiger charge is -2.20. The highest BCUT2D eigenvalue weighted by Gasteiger charge is 2.24. The van der Waals surface area contributed by atoms with Crippen LogP contribution in [0.1, 0.15) is 51.0 Å². The zero-order valence-electron chi connectivity index (χ0n) is 17.9. The fourth-order valence-corrected chi connectivity index (χ4v) is 4.69. The summed E-state index contributed by atoms with van der Waals surface area (Å²) in [6.07, 6.45) is 4.97. The molecule has 1 saturated heterocycles. The normalized spacial score (nSPS) is 15.0. The molecule has 0 atom stereocenters. The zero-order chi connectivity index (χ0) is 22.7. The number of nitrogens with one attached hydrogen (secondary N) is 2. The molecule has 0 aliphatic carbocycles. The van der Waals surface area contributed by atoms with Crippen molar-refractivity contribution in [1.29, 1.82) is 0 Å². The molecule has 1 heterocycles. The Morgan fingerprint density at radius 2 is 1.68 bits per heavy atom. The van der Waals surface area contributed by atoms with Crippen molar-refractivity contribution in [3.63, 3.8) is 0 Å². The molecule has 0 saturated carbocycles. The maximum Gasteiger partial charge on any atom is 0.321 e. The first-order valence-electron chi connectivity index (χ1n) is 10.7. The minimum absolute atomic E-state index is 0.0353. The van der Waals surface area contributed by atoms with Gasteiger partial charge in [0.2, 0.25) is 10.0 Å². The van der Waals surface area contributed by atoms with Crippen molar-refractivity contribution in [3.8, 4) is 0 Å². The van der Waals surface area contributed by atoms with E-state index in [9.17, 15) is 22.8 Å². The first-order valence-corrected chi connectivity index (χ1v) is 12.1. The minimum Gasteiger partial charge on any atom is -0.456 e. The van der Waals surface area contributed by atoms with Gasteiger partial charge in [-0.3, -0.25) is 14.9 Å². The average molecular weight is 454 g/mol. The van der Waals surface area contributed by atoms with E-state index >= 15 is 0 Å². The van der Waals surface area contributed by atoms with Crippen LogP contribution in [0.15, 0.2) is 29.2 Å². The number of urea groups is 1. The van der Waals surface area contributed by atoms with E-state index in [1.54, 1.807) is 28.6 Å². The van der Waals surface area contributed by atoms with E-state index in [-0.39, 0.29) is 11.3 Å². The molecule has 2 rings (SSSR count). The van der Waals surface area contributed by atoms with Gasteiger partial charge >= 0.3 is 12.0 Å². The molecule has 0 bridgehead atoms. The number of nitrogens with zero attached hydrogens (tertiary/aromatic N) is 1. The number of aryl methyl sites for hydroxylation is 1. The number of hydrogen-bond donors (Lipinski definition) is 2. The number of benzene rings is 1. The van der Waals surface area contributed by atoms with Crippen molar-refractivity contribution in [2.24, 2.45) is 0 Å². The standard InChI is InChI=1S/C21H31N3O6S/c1-2-13-22-21(27)23-19(25)16-30-20(26)12-9-17-7-10-18(11-8-17)31(28,29)24-14-5-3-4-6-15-24/h7-8,10-11H,2-6,9,12-16H2,1H3,(H2,22,23,25,27). The van der Waals surface area contributed by atoms with E-state index in [2.05, 4.69) is 10.6 Å². The van der Waals surface area contributed by atoms with Gasteiger partial charge in [0, 0.05) is 26.1 Å². The summed E-state index contributed by atoms with van der Waals surface area (Å²) in [6, 6.07) is 5.86. The Hall–Kier alpha value is -2.46. The van der Waals surface area contributed by atoms with Crippen LogP contribution in [-0.4, -0.2) is 56.9 Å². The fourth-order valence-electron chi connectivity index (χ4n) is 3.17. The summed E-state index contributed by atoms with van der Waals surface area (Å²) < 4.78 is 32.0. The lowest BCUT2D eigenvalue weighted by molar-refractivity contribution is -0.148. The predicted octanol–water partition coefficient (Wildman–Crippen LogP) is 1.96. The SMILES string of the molecule is CCCNC(=O)NC(=O)COC(=O)CCc1ccc(S(=O)(=O)N2CCCCCC2)cc1. The van der Waals surface area contributed by atoms with Gasteiger partial charge in [-0.05, 0) is 43.4 Å². The first kappa shape index (κ1) is 24.8. The predicted molar refractivity (Wildman–Crippen MR) is 115 cm³/mol. The maximum atomic E-state index is 12.8. The summed E-state index contributed by atoms with van der Waals surface area (Å²) in [5, 5.41) is 4.55. The van der Waals surface area contributed by atoms with Crippen LogP contribution < -0.4 is 10.6 Å². The molecule has 9 nitrogen and oxygen atoms in total. The number of sulfonamides is 1. The number of amides is 3. The van der Waals surface area contributed by atoms with Gasteiger partial charge in [-0.15, -0.1) is 0 Å². The van der Waals surface area contributed by atoms with Gasteiger partial charge in [-0.1, -0.05) is 31.9 Å². The summed E-state index contributed by atoms with van der Waals surface area (Å²) in [5.74, 6) is -1.28. The second kappa shape index (κ2) is 12.4. The Labute approximate surface area is 183 Å². The maximum absolute atomic E-state index is 12.8. The third-order valence-corrected chi connectivity index (χ3v) is 6.81. The van der Waals surface area contributed by atoms with Gasteiger partial charge in [0.15, 0.2) is 6.61 Å². The summed E-state index contributed by atoms with van der Waals surface area (Å²) >= 11 is 0. The molecule has 172 valence electrons. The van der Waals surface area contributed by atoms with Crippen LogP contribution in [0.25, 0.3) is 0 Å². The van der Waals surface area contributed by atoms with Gasteiger partial charge in [0.05, 0.1) is 4.90 Å². The minimum atomic E-state index is -3.50. The second-order valence-corrected chi connectivity index (χ2v) is 9.36. The Morgan fingerprint density at radius 1 is 1.03 bits per heavy atom. The molecular formula is C21H31N3O6S. The highest BCUT2D eigenvalue weighted by Crippen LogP contribution is 2.21. The van der Waals surface area contributed by atoms with E-state index in [0.717, 1.165) is 37.7 Å². The molecule has 10 heteroatoms. The molecule has 0 spiro atoms. The number of carbonyl (C=O) groups excluding carboxylic acids is 3. The lowest BCUT2D eigenvalue weighted by Crippen LogP contribution is -2.41. The molecule has 1 aromatic carbocycles. The topological polar surface area (TPSA) is 122 Å². The Balaban J connectivity index is 1.78. The first-order chi connectivity index (χ1) is 14.8. The van der Waals surface area contributed by atoms with Crippen molar-refractivity contribution in [2.75, 3.05) is 26.2 Å². The Bertz CT molecular complexity index is 846. The molecule has 1 aliphatic heterocycles. The van der Waals surface area contributed by atoms with Gasteiger partial charge in [0.1, 0.15) is 0 Å². The summed E-state index contributed by atoms with van der Waals surface area (Å²) in [6.45, 7) is 2.88. The van der Waals surface area contributed by atoms with Gasteiger partial charge in [-0.25, -0.2) is 13.2 Å². The highest BCUT2D eigenvalue weighted by molar-refractivity contribution is 7.89. The molecule has 31 heavy (non-hydrogen) atoms. The van der Waals surface area contributed by atoms with E-state index in [1.165, 1.54) is 0 Å². The monoisotopic (exact) mass is 453 g/mol. The molecular weight excluding hydrogens is 422 g/mol. The number of esters is 1. The molecule has 1 aromatic rings. The quantitative estimate of drug-likeness (QED) is 0.551. The van der Waals surface area contributed by atoms with Crippen LogP contribution in [-0.2, 0) is 30.8 Å². The number of rotatable bonds is 9. The largest absolute Gasteiger partial charge is 0.456 e. The molecule has 1 aliphatic rings. The van der Waals surface area contributed by atoms with Gasteiger partial charge in [0.25, 0.3) is 5.91 Å². The molecule has 0 radical (unpaired) electrons. The lowest BCUT2D eigenvalue weighted by atomic mass is 10.1. The number of ether oxygens (including phenoxy) is 1. The van der Waals surface area contributed by atoms with Crippen LogP contribution in [0.4, 0.5) is 4.79 Å². The third-order valence-electron chi connectivity index (χ3n) is 4.90. The van der Waals surface area contributed by atoms with Crippen molar-refractivity contribution in [2.45, 2.75) is 56.8 Å². The van der Waals surface area contributed by atoms with Crippen LogP contribution >= 0.6 is 0 Å².